The van der Waals surface area contributed by atoms with Crippen LogP contribution in [0.15, 0.2) is 24.3 Å². The van der Waals surface area contributed by atoms with Crippen LogP contribution in [0.5, 0.6) is 0 Å². The highest BCUT2D eigenvalue weighted by Gasteiger charge is 2.21. The van der Waals surface area contributed by atoms with Crippen molar-refractivity contribution in [3.8, 4) is 0 Å². The first-order chi connectivity index (χ1) is 11.0. The van der Waals surface area contributed by atoms with Crippen molar-refractivity contribution >= 4 is 23.5 Å². The third-order valence-corrected chi connectivity index (χ3v) is 4.03. The summed E-state index contributed by atoms with van der Waals surface area (Å²) in [5, 5.41) is 11.2. The number of nitrogens with one attached hydrogen (secondary N) is 1. The van der Waals surface area contributed by atoms with Gasteiger partial charge in [-0.05, 0) is 37.0 Å². The van der Waals surface area contributed by atoms with E-state index < -0.39 is 5.97 Å². The van der Waals surface area contributed by atoms with Crippen molar-refractivity contribution in [2.75, 3.05) is 18.4 Å². The Kier molecular flexibility index (Phi) is 5.73. The molecule has 1 aliphatic heterocycles. The molecule has 2 rings (SSSR count). The maximum Gasteiger partial charge on any atom is 0.303 e. The fourth-order valence-electron chi connectivity index (χ4n) is 2.57. The van der Waals surface area contributed by atoms with Crippen LogP contribution in [0.2, 0.25) is 0 Å². The Labute approximate surface area is 135 Å². The number of carbonyl (C=O) groups excluding carboxylic acids is 2. The van der Waals surface area contributed by atoms with E-state index in [9.17, 15) is 14.4 Å². The summed E-state index contributed by atoms with van der Waals surface area (Å²) in [6.07, 6.45) is 1.72. The number of likely N-dealkylation sites (tertiary alicyclic amines) is 1. The number of aliphatic carboxylic acids is 1. The number of benzene rings is 1. The Morgan fingerprint density at radius 1 is 1.22 bits per heavy atom. The zero-order valence-electron chi connectivity index (χ0n) is 13.2. The minimum absolute atomic E-state index is 0.0291. The van der Waals surface area contributed by atoms with Crippen molar-refractivity contribution in [1.29, 1.82) is 0 Å². The fourth-order valence-corrected chi connectivity index (χ4v) is 2.57. The molecule has 0 atom stereocenters. The van der Waals surface area contributed by atoms with E-state index >= 15 is 0 Å². The number of amides is 2. The lowest BCUT2D eigenvalue weighted by Crippen LogP contribution is -2.37. The molecule has 1 aromatic carbocycles. The lowest BCUT2D eigenvalue weighted by atomic mass is 9.98. The molecule has 124 valence electrons. The predicted octanol–water partition coefficient (Wildman–Crippen LogP) is 2.36. The Bertz CT molecular complexity index is 592. The second-order valence-corrected chi connectivity index (χ2v) is 6.00. The van der Waals surface area contributed by atoms with Crippen LogP contribution in [0.4, 0.5) is 5.69 Å². The van der Waals surface area contributed by atoms with Gasteiger partial charge in [0.25, 0.3) is 5.91 Å². The van der Waals surface area contributed by atoms with Crippen LogP contribution in [0.1, 0.15) is 43.0 Å². The molecule has 0 unspecified atom stereocenters. The monoisotopic (exact) mass is 318 g/mol. The second kappa shape index (κ2) is 7.76. The average Bonchev–Trinajstić information content (AvgIpc) is 2.53. The number of hydrogen-bond acceptors (Lipinski definition) is 3. The van der Waals surface area contributed by atoms with Gasteiger partial charge in [0, 0.05) is 30.8 Å². The molecule has 1 aliphatic rings. The summed E-state index contributed by atoms with van der Waals surface area (Å²) < 4.78 is 0. The minimum Gasteiger partial charge on any atom is -0.481 e. The summed E-state index contributed by atoms with van der Waals surface area (Å²) >= 11 is 0. The van der Waals surface area contributed by atoms with Gasteiger partial charge in [0.1, 0.15) is 0 Å². The van der Waals surface area contributed by atoms with Crippen LogP contribution in [0.3, 0.4) is 0 Å². The largest absolute Gasteiger partial charge is 0.481 e. The standard InChI is InChI=1S/C17H22N2O4/c1-12-7-9-19(10-8-12)17(23)13-3-2-4-14(11-13)18-15(20)5-6-16(21)22/h2-4,11-12H,5-10H2,1H3,(H,18,20)(H,21,22). The van der Waals surface area contributed by atoms with Crippen LogP contribution < -0.4 is 5.32 Å². The molecule has 2 N–H and O–H groups in total. The molecule has 0 aromatic heterocycles. The molecule has 2 amide bonds. The van der Waals surface area contributed by atoms with Crippen LogP contribution in [0, 0.1) is 5.92 Å². The number of nitrogens with zero attached hydrogens (tertiary/aromatic N) is 1. The Hall–Kier alpha value is -2.37. The number of piperidine rings is 1. The topological polar surface area (TPSA) is 86.7 Å². The molecule has 0 radical (unpaired) electrons. The van der Waals surface area contributed by atoms with Crippen LogP contribution >= 0.6 is 0 Å². The predicted molar refractivity (Wildman–Crippen MR) is 86.2 cm³/mol. The summed E-state index contributed by atoms with van der Waals surface area (Å²) in [7, 11) is 0. The molecule has 0 saturated carbocycles. The lowest BCUT2D eigenvalue weighted by molar-refractivity contribution is -0.138. The zero-order valence-corrected chi connectivity index (χ0v) is 13.2. The number of hydrogen-bond donors (Lipinski definition) is 2. The van der Waals surface area contributed by atoms with Crippen molar-refractivity contribution in [2.24, 2.45) is 5.92 Å². The molecule has 1 aromatic rings. The van der Waals surface area contributed by atoms with E-state index in [0.717, 1.165) is 25.9 Å². The van der Waals surface area contributed by atoms with Crippen molar-refractivity contribution in [3.63, 3.8) is 0 Å². The van der Waals surface area contributed by atoms with E-state index in [1.54, 1.807) is 24.3 Å². The number of carboxylic acid groups (broad SMARTS) is 1. The molecular formula is C17H22N2O4. The molecule has 0 aliphatic carbocycles. The summed E-state index contributed by atoms with van der Waals surface area (Å²) in [5.41, 5.74) is 1.05. The first-order valence-corrected chi connectivity index (χ1v) is 7.86. The van der Waals surface area contributed by atoms with Gasteiger partial charge in [-0.1, -0.05) is 13.0 Å². The maximum absolute atomic E-state index is 12.5. The molecule has 1 saturated heterocycles. The van der Waals surface area contributed by atoms with Crippen LogP contribution in [-0.2, 0) is 9.59 Å². The molecule has 0 bridgehead atoms. The van der Waals surface area contributed by atoms with Gasteiger partial charge >= 0.3 is 5.97 Å². The third kappa shape index (κ3) is 5.09. The number of carbonyl (C=O) groups is 3. The molecule has 0 spiro atoms. The van der Waals surface area contributed by atoms with Gasteiger partial charge in [-0.15, -0.1) is 0 Å². The van der Waals surface area contributed by atoms with Gasteiger partial charge in [-0.2, -0.15) is 0 Å². The maximum atomic E-state index is 12.5. The van der Waals surface area contributed by atoms with Crippen molar-refractivity contribution in [1.82, 2.24) is 4.90 Å². The Morgan fingerprint density at radius 3 is 2.57 bits per heavy atom. The van der Waals surface area contributed by atoms with Gasteiger partial charge in [0.05, 0.1) is 6.42 Å². The molecular weight excluding hydrogens is 296 g/mol. The first-order valence-electron chi connectivity index (χ1n) is 7.86. The van der Waals surface area contributed by atoms with E-state index in [1.807, 2.05) is 4.90 Å². The summed E-state index contributed by atoms with van der Waals surface area (Å²) in [4.78, 5) is 36.5. The van der Waals surface area contributed by atoms with E-state index in [2.05, 4.69) is 12.2 Å². The quantitative estimate of drug-likeness (QED) is 0.872. The lowest BCUT2D eigenvalue weighted by Gasteiger charge is -2.30. The minimum atomic E-state index is -1.01. The van der Waals surface area contributed by atoms with Crippen LogP contribution in [0.25, 0.3) is 0 Å². The van der Waals surface area contributed by atoms with Crippen molar-refractivity contribution in [3.05, 3.63) is 29.8 Å². The number of rotatable bonds is 5. The molecule has 6 heteroatoms. The Morgan fingerprint density at radius 2 is 1.91 bits per heavy atom. The van der Waals surface area contributed by atoms with E-state index in [1.165, 1.54) is 0 Å². The summed E-state index contributed by atoms with van der Waals surface area (Å²) in [5.74, 6) is -0.760. The highest BCUT2D eigenvalue weighted by atomic mass is 16.4. The van der Waals surface area contributed by atoms with Crippen molar-refractivity contribution in [2.45, 2.75) is 32.6 Å². The summed E-state index contributed by atoms with van der Waals surface area (Å²) in [6.45, 7) is 3.71. The molecule has 1 fully saturated rings. The zero-order chi connectivity index (χ0) is 16.8. The first kappa shape index (κ1) is 17.0. The van der Waals surface area contributed by atoms with Gasteiger partial charge in [-0.25, -0.2) is 0 Å². The molecule has 1 heterocycles. The smallest absolute Gasteiger partial charge is 0.303 e. The van der Waals surface area contributed by atoms with Gasteiger partial charge < -0.3 is 15.3 Å². The third-order valence-electron chi connectivity index (χ3n) is 4.03. The fraction of sp³-hybridized carbons (Fsp3) is 0.471. The summed E-state index contributed by atoms with van der Waals surface area (Å²) in [6, 6.07) is 6.77. The van der Waals surface area contributed by atoms with Crippen LogP contribution in [-0.4, -0.2) is 40.9 Å². The average molecular weight is 318 g/mol. The highest BCUT2D eigenvalue weighted by Crippen LogP contribution is 2.19. The second-order valence-electron chi connectivity index (χ2n) is 6.00. The van der Waals surface area contributed by atoms with Gasteiger partial charge in [0.2, 0.25) is 5.91 Å². The van der Waals surface area contributed by atoms with E-state index in [0.29, 0.717) is 17.2 Å². The SMILES string of the molecule is CC1CCN(C(=O)c2cccc(NC(=O)CCC(=O)O)c2)CC1. The highest BCUT2D eigenvalue weighted by molar-refractivity contribution is 5.97. The van der Waals surface area contributed by atoms with E-state index in [-0.39, 0.29) is 24.7 Å². The van der Waals surface area contributed by atoms with Gasteiger partial charge in [-0.3, -0.25) is 14.4 Å². The molecule has 6 nitrogen and oxygen atoms in total. The number of carboxylic acids is 1. The number of anilines is 1. The van der Waals surface area contributed by atoms with E-state index in [4.69, 9.17) is 5.11 Å². The molecule has 23 heavy (non-hydrogen) atoms. The Balaban J connectivity index is 1.97. The van der Waals surface area contributed by atoms with Crippen molar-refractivity contribution < 1.29 is 19.5 Å². The van der Waals surface area contributed by atoms with Gasteiger partial charge in [0.15, 0.2) is 0 Å². The normalized spacial score (nSPS) is 15.3.